The van der Waals surface area contributed by atoms with Gasteiger partial charge in [0, 0.05) is 35.5 Å². The molecule has 0 aliphatic carbocycles. The summed E-state index contributed by atoms with van der Waals surface area (Å²) < 4.78 is 5.73. The number of rotatable bonds is 5. The molecule has 6 nitrogen and oxygen atoms in total. The van der Waals surface area contributed by atoms with E-state index < -0.39 is 5.54 Å². The maximum atomic E-state index is 14.3. The third-order valence-corrected chi connectivity index (χ3v) is 8.19. The smallest absolute Gasteiger partial charge is 0.254 e. The number of carbonyl (C=O) groups is 2. The van der Waals surface area contributed by atoms with Gasteiger partial charge >= 0.3 is 0 Å². The molecule has 6 rings (SSSR count). The van der Waals surface area contributed by atoms with E-state index in [0.29, 0.717) is 13.1 Å². The lowest BCUT2D eigenvalue weighted by atomic mass is 9.76. The van der Waals surface area contributed by atoms with Crippen molar-refractivity contribution in [1.29, 1.82) is 0 Å². The number of carbonyl (C=O) groups excluding carboxylic acids is 2. The highest BCUT2D eigenvalue weighted by molar-refractivity contribution is 6.01. The second-order valence-electron chi connectivity index (χ2n) is 10.3. The van der Waals surface area contributed by atoms with E-state index in [2.05, 4.69) is 36.2 Å². The second kappa shape index (κ2) is 8.80. The zero-order valence-corrected chi connectivity index (χ0v) is 21.4. The number of aromatic nitrogens is 1. The Bertz CT molecular complexity index is 1490. The highest BCUT2D eigenvalue weighted by Crippen LogP contribution is 2.49. The van der Waals surface area contributed by atoms with Crippen molar-refractivity contribution in [2.45, 2.75) is 31.2 Å². The van der Waals surface area contributed by atoms with E-state index >= 15 is 0 Å². The molecule has 6 heteroatoms. The van der Waals surface area contributed by atoms with Crippen LogP contribution in [0.3, 0.4) is 0 Å². The lowest BCUT2D eigenvalue weighted by Gasteiger charge is -2.51. The molecule has 1 saturated heterocycles. The summed E-state index contributed by atoms with van der Waals surface area (Å²) in [7, 11) is 1.67. The van der Waals surface area contributed by atoms with Crippen LogP contribution in [-0.2, 0) is 15.1 Å². The monoisotopic (exact) mass is 493 g/mol. The van der Waals surface area contributed by atoms with Gasteiger partial charge in [-0.15, -0.1) is 0 Å². The fourth-order valence-electron chi connectivity index (χ4n) is 6.28. The highest BCUT2D eigenvalue weighted by atomic mass is 16.5. The minimum Gasteiger partial charge on any atom is -0.496 e. The average molecular weight is 494 g/mol. The number of amides is 2. The normalized spacial score (nSPS) is 22.1. The molecule has 3 atom stereocenters. The van der Waals surface area contributed by atoms with E-state index in [-0.39, 0.29) is 30.2 Å². The fourth-order valence-corrected chi connectivity index (χ4v) is 6.28. The topological polar surface area (TPSA) is 65.6 Å². The Morgan fingerprint density at radius 3 is 2.49 bits per heavy atom. The molecule has 37 heavy (non-hydrogen) atoms. The number of ether oxygens (including phenoxy) is 1. The van der Waals surface area contributed by atoms with Crippen LogP contribution in [0.1, 0.15) is 48.1 Å². The Balaban J connectivity index is 1.48. The zero-order valence-electron chi connectivity index (χ0n) is 21.4. The number of benzene rings is 3. The van der Waals surface area contributed by atoms with Crippen molar-refractivity contribution in [3.63, 3.8) is 0 Å². The van der Waals surface area contributed by atoms with Crippen molar-refractivity contribution in [3.05, 3.63) is 101 Å². The fraction of sp³-hybridized carbons (Fsp3) is 0.290. The Labute approximate surface area is 216 Å². The summed E-state index contributed by atoms with van der Waals surface area (Å²) in [5.41, 5.74) is 3.88. The van der Waals surface area contributed by atoms with Crippen LogP contribution in [0.2, 0.25) is 0 Å². The second-order valence-corrected chi connectivity index (χ2v) is 10.3. The van der Waals surface area contributed by atoms with Gasteiger partial charge in [-0.05, 0) is 36.1 Å². The minimum absolute atomic E-state index is 0.0356. The Morgan fingerprint density at radius 1 is 1.00 bits per heavy atom. The number of hydrogen-bond donors (Lipinski definition) is 1. The Hall–Kier alpha value is -4.06. The Kier molecular flexibility index (Phi) is 5.55. The average Bonchev–Trinajstić information content (AvgIpc) is 3.33. The van der Waals surface area contributed by atoms with Crippen LogP contribution in [0.4, 0.5) is 0 Å². The number of H-pyrrole nitrogens is 1. The molecular weight excluding hydrogens is 462 g/mol. The molecule has 0 spiro atoms. The first-order valence-corrected chi connectivity index (χ1v) is 12.8. The first-order chi connectivity index (χ1) is 17.9. The standard InChI is InChI=1S/C31H31N3O3/c1-20(21-11-5-4-6-12-21)17-33-19-27(35)34-18-24(22-13-8-10-16-26(22)37-3)28-23-14-7-9-15-25(23)32-29(28)31(34,2)30(33)36/h4-16,20,24,32H,17-19H2,1-3H3/t20-,24-,31+/m1/s1. The summed E-state index contributed by atoms with van der Waals surface area (Å²) in [4.78, 5) is 35.1. The van der Waals surface area contributed by atoms with Crippen molar-refractivity contribution >= 4 is 22.7 Å². The number of fused-ring (bicyclic) bond motifs is 5. The van der Waals surface area contributed by atoms with Crippen LogP contribution in [0.15, 0.2) is 78.9 Å². The molecule has 0 radical (unpaired) electrons. The van der Waals surface area contributed by atoms with Crippen molar-refractivity contribution in [2.75, 3.05) is 26.7 Å². The van der Waals surface area contributed by atoms with Gasteiger partial charge in [0.15, 0.2) is 5.54 Å². The van der Waals surface area contributed by atoms with Crippen LogP contribution in [-0.4, -0.2) is 53.3 Å². The maximum absolute atomic E-state index is 14.3. The molecule has 1 fully saturated rings. The summed E-state index contributed by atoms with van der Waals surface area (Å²) in [6.07, 6.45) is 0. The number of hydrogen-bond acceptors (Lipinski definition) is 3. The molecule has 2 aliphatic heterocycles. The molecule has 0 unspecified atom stereocenters. The van der Waals surface area contributed by atoms with Crippen LogP contribution < -0.4 is 4.74 Å². The summed E-state index contributed by atoms with van der Waals surface area (Å²) in [5, 5.41) is 1.07. The molecule has 3 aromatic carbocycles. The van der Waals surface area contributed by atoms with Gasteiger partial charge in [-0.2, -0.15) is 0 Å². The van der Waals surface area contributed by atoms with E-state index in [0.717, 1.165) is 39.0 Å². The number of nitrogens with one attached hydrogen (secondary N) is 1. The molecule has 0 bridgehead atoms. The minimum atomic E-state index is -1.11. The quantitative estimate of drug-likeness (QED) is 0.425. The van der Waals surface area contributed by atoms with Crippen LogP contribution >= 0.6 is 0 Å². The third kappa shape index (κ3) is 3.54. The zero-order chi connectivity index (χ0) is 25.7. The van der Waals surface area contributed by atoms with E-state index in [1.54, 1.807) is 16.9 Å². The number of piperazine rings is 1. The van der Waals surface area contributed by atoms with Gasteiger partial charge in [0.2, 0.25) is 5.91 Å². The molecule has 2 amide bonds. The third-order valence-electron chi connectivity index (χ3n) is 8.19. The van der Waals surface area contributed by atoms with Gasteiger partial charge in [0.1, 0.15) is 5.75 Å². The largest absolute Gasteiger partial charge is 0.496 e. The van der Waals surface area contributed by atoms with E-state index in [4.69, 9.17) is 4.74 Å². The number of para-hydroxylation sites is 2. The maximum Gasteiger partial charge on any atom is 0.254 e. The number of methoxy groups -OCH3 is 1. The van der Waals surface area contributed by atoms with Crippen molar-refractivity contribution in [2.24, 2.45) is 0 Å². The first kappa shape index (κ1) is 23.3. The van der Waals surface area contributed by atoms with E-state index in [1.807, 2.05) is 61.5 Å². The van der Waals surface area contributed by atoms with Crippen LogP contribution in [0, 0.1) is 0 Å². The SMILES string of the molecule is COc1ccccc1[C@H]1CN2C(=O)CN(C[C@@H](C)c3ccccc3)C(=O)[C@]2(C)c2[nH]c3ccccc3c21. The van der Waals surface area contributed by atoms with Gasteiger partial charge in [0.05, 0.1) is 19.3 Å². The van der Waals surface area contributed by atoms with Crippen molar-refractivity contribution < 1.29 is 14.3 Å². The Morgan fingerprint density at radius 2 is 1.70 bits per heavy atom. The molecule has 4 aromatic rings. The van der Waals surface area contributed by atoms with Crippen molar-refractivity contribution in [3.8, 4) is 5.75 Å². The van der Waals surface area contributed by atoms with Crippen molar-refractivity contribution in [1.82, 2.24) is 14.8 Å². The molecule has 1 N–H and O–H groups in total. The molecular formula is C31H31N3O3. The predicted octanol–water partition coefficient (Wildman–Crippen LogP) is 5.01. The molecule has 188 valence electrons. The predicted molar refractivity (Wildman–Crippen MR) is 144 cm³/mol. The van der Waals surface area contributed by atoms with Gasteiger partial charge in [-0.1, -0.05) is 73.7 Å². The number of nitrogens with zero attached hydrogens (tertiary/aromatic N) is 2. The summed E-state index contributed by atoms with van der Waals surface area (Å²) in [6, 6.07) is 26.2. The summed E-state index contributed by atoms with van der Waals surface area (Å²) in [6.45, 7) is 5.00. The van der Waals surface area contributed by atoms with Gasteiger partial charge in [-0.25, -0.2) is 0 Å². The molecule has 2 aliphatic rings. The highest BCUT2D eigenvalue weighted by Gasteiger charge is 2.56. The van der Waals surface area contributed by atoms with Gasteiger partial charge in [0.25, 0.3) is 5.91 Å². The van der Waals surface area contributed by atoms with E-state index in [1.165, 1.54) is 0 Å². The lowest BCUT2D eigenvalue weighted by molar-refractivity contribution is -0.166. The summed E-state index contributed by atoms with van der Waals surface area (Å²) >= 11 is 0. The molecule has 1 aromatic heterocycles. The molecule has 0 saturated carbocycles. The summed E-state index contributed by atoms with van der Waals surface area (Å²) in [5.74, 6) is 0.691. The van der Waals surface area contributed by atoms with Crippen LogP contribution in [0.25, 0.3) is 10.9 Å². The number of aromatic amines is 1. The van der Waals surface area contributed by atoms with Gasteiger partial charge < -0.3 is 19.5 Å². The van der Waals surface area contributed by atoms with Crippen LogP contribution in [0.5, 0.6) is 5.75 Å². The lowest BCUT2D eigenvalue weighted by Crippen LogP contribution is -2.67. The first-order valence-electron chi connectivity index (χ1n) is 12.8. The molecule has 3 heterocycles. The van der Waals surface area contributed by atoms with E-state index in [9.17, 15) is 9.59 Å². The van der Waals surface area contributed by atoms with Gasteiger partial charge in [-0.3, -0.25) is 9.59 Å².